The van der Waals surface area contributed by atoms with Crippen molar-refractivity contribution in [2.75, 3.05) is 11.9 Å². The van der Waals surface area contributed by atoms with E-state index in [4.69, 9.17) is 4.74 Å². The molecule has 1 atom stereocenters. The van der Waals surface area contributed by atoms with E-state index in [0.29, 0.717) is 12.3 Å². The summed E-state index contributed by atoms with van der Waals surface area (Å²) in [7, 11) is 0. The number of para-hydroxylation sites is 1. The molecule has 0 radical (unpaired) electrons. The van der Waals surface area contributed by atoms with E-state index in [0.717, 1.165) is 37.1 Å². The number of hydrogen-bond donors (Lipinski definition) is 1. The minimum Gasteiger partial charge on any atom is -0.378 e. The van der Waals surface area contributed by atoms with Gasteiger partial charge in [-0.15, -0.1) is 0 Å². The average molecular weight is 289 g/mol. The Morgan fingerprint density at radius 2 is 2.19 bits per heavy atom. The first-order valence-electron chi connectivity index (χ1n) is 8.09. The molecule has 0 aromatic heterocycles. The Labute approximate surface area is 128 Å². The number of ether oxygens (including phenoxy) is 1. The topological polar surface area (TPSA) is 38.3 Å². The maximum Gasteiger partial charge on any atom is 0.224 e. The van der Waals surface area contributed by atoms with Gasteiger partial charge in [0.1, 0.15) is 0 Å². The van der Waals surface area contributed by atoms with Crippen LogP contribution in [0.5, 0.6) is 0 Å². The van der Waals surface area contributed by atoms with Crippen LogP contribution in [0.3, 0.4) is 0 Å². The Kier molecular flexibility index (Phi) is 5.80. The second-order valence-corrected chi connectivity index (χ2v) is 6.27. The molecule has 1 fully saturated rings. The zero-order chi connectivity index (χ0) is 15.2. The van der Waals surface area contributed by atoms with Gasteiger partial charge in [-0.3, -0.25) is 4.79 Å². The molecule has 1 aromatic carbocycles. The summed E-state index contributed by atoms with van der Waals surface area (Å²) in [6.45, 7) is 7.20. The van der Waals surface area contributed by atoms with Crippen molar-refractivity contribution in [1.82, 2.24) is 0 Å². The molecule has 1 saturated heterocycles. The predicted molar refractivity (Wildman–Crippen MR) is 86.7 cm³/mol. The van der Waals surface area contributed by atoms with Crippen molar-refractivity contribution in [3.05, 3.63) is 29.3 Å². The molecular formula is C18H27NO2. The lowest BCUT2D eigenvalue weighted by Crippen LogP contribution is -2.22. The Balaban J connectivity index is 1.93. The Hall–Kier alpha value is -1.35. The standard InChI is InChI=1S/C18H27NO2/c1-13(2)16-9-6-7-14(3)18(16)19-17(20)11-10-15-8-4-5-12-21-15/h6-7,9,13,15H,4-5,8,10-12H2,1-3H3,(H,19,20). The summed E-state index contributed by atoms with van der Waals surface area (Å²) >= 11 is 0. The van der Waals surface area contributed by atoms with Gasteiger partial charge in [-0.25, -0.2) is 0 Å². The second kappa shape index (κ2) is 7.60. The smallest absolute Gasteiger partial charge is 0.224 e. The summed E-state index contributed by atoms with van der Waals surface area (Å²) in [5, 5.41) is 3.11. The monoisotopic (exact) mass is 289 g/mol. The van der Waals surface area contributed by atoms with Crippen molar-refractivity contribution < 1.29 is 9.53 Å². The molecule has 1 aromatic rings. The van der Waals surface area contributed by atoms with Crippen LogP contribution in [0.1, 0.15) is 63.0 Å². The molecule has 1 aliphatic heterocycles. The van der Waals surface area contributed by atoms with E-state index in [2.05, 4.69) is 31.3 Å². The number of amides is 1. The highest BCUT2D eigenvalue weighted by Crippen LogP contribution is 2.27. The molecule has 116 valence electrons. The van der Waals surface area contributed by atoms with Crippen LogP contribution in [0.15, 0.2) is 18.2 Å². The van der Waals surface area contributed by atoms with Crippen LogP contribution in [-0.2, 0) is 9.53 Å². The van der Waals surface area contributed by atoms with Crippen LogP contribution in [0, 0.1) is 6.92 Å². The highest BCUT2D eigenvalue weighted by atomic mass is 16.5. The number of hydrogen-bond acceptors (Lipinski definition) is 2. The fourth-order valence-electron chi connectivity index (χ4n) is 2.87. The van der Waals surface area contributed by atoms with Crippen molar-refractivity contribution >= 4 is 11.6 Å². The molecule has 3 nitrogen and oxygen atoms in total. The maximum atomic E-state index is 12.2. The van der Waals surface area contributed by atoms with Crippen molar-refractivity contribution in [2.45, 2.75) is 64.9 Å². The minimum absolute atomic E-state index is 0.0976. The lowest BCUT2D eigenvalue weighted by Gasteiger charge is -2.22. The molecule has 1 amide bonds. The normalized spacial score (nSPS) is 18.8. The minimum atomic E-state index is 0.0976. The van der Waals surface area contributed by atoms with E-state index in [1.54, 1.807) is 0 Å². The lowest BCUT2D eigenvalue weighted by atomic mass is 9.98. The summed E-state index contributed by atoms with van der Waals surface area (Å²) < 4.78 is 5.68. The van der Waals surface area contributed by atoms with E-state index in [1.807, 2.05) is 13.0 Å². The van der Waals surface area contributed by atoms with E-state index in [1.165, 1.54) is 12.0 Å². The highest BCUT2D eigenvalue weighted by Gasteiger charge is 2.16. The van der Waals surface area contributed by atoms with Crippen LogP contribution in [0.25, 0.3) is 0 Å². The zero-order valence-electron chi connectivity index (χ0n) is 13.4. The van der Waals surface area contributed by atoms with Crippen molar-refractivity contribution in [3.8, 4) is 0 Å². The van der Waals surface area contributed by atoms with Gasteiger partial charge in [0.25, 0.3) is 0 Å². The van der Waals surface area contributed by atoms with E-state index in [-0.39, 0.29) is 12.0 Å². The maximum absolute atomic E-state index is 12.2. The third-order valence-corrected chi connectivity index (χ3v) is 4.16. The summed E-state index contributed by atoms with van der Waals surface area (Å²) in [4.78, 5) is 12.2. The molecule has 1 unspecified atom stereocenters. The molecule has 1 N–H and O–H groups in total. The number of benzene rings is 1. The summed E-state index contributed by atoms with van der Waals surface area (Å²) in [5.74, 6) is 0.502. The van der Waals surface area contributed by atoms with Crippen LogP contribution < -0.4 is 5.32 Å². The predicted octanol–water partition coefficient (Wildman–Crippen LogP) is 4.41. The number of anilines is 1. The summed E-state index contributed by atoms with van der Waals surface area (Å²) in [6.07, 6.45) is 5.11. The fourth-order valence-corrected chi connectivity index (χ4v) is 2.87. The molecule has 1 aliphatic rings. The molecule has 0 aliphatic carbocycles. The number of aryl methyl sites for hydroxylation is 1. The third-order valence-electron chi connectivity index (χ3n) is 4.16. The number of nitrogens with one attached hydrogen (secondary N) is 1. The van der Waals surface area contributed by atoms with Gasteiger partial charge in [-0.05, 0) is 49.7 Å². The van der Waals surface area contributed by atoms with E-state index >= 15 is 0 Å². The van der Waals surface area contributed by atoms with E-state index in [9.17, 15) is 4.79 Å². The van der Waals surface area contributed by atoms with E-state index < -0.39 is 0 Å². The Bertz CT molecular complexity index is 476. The van der Waals surface area contributed by atoms with Crippen molar-refractivity contribution in [3.63, 3.8) is 0 Å². The average Bonchev–Trinajstić information content (AvgIpc) is 2.48. The number of rotatable bonds is 5. The molecule has 0 saturated carbocycles. The van der Waals surface area contributed by atoms with Gasteiger partial charge < -0.3 is 10.1 Å². The first-order chi connectivity index (χ1) is 10.1. The first kappa shape index (κ1) is 16.0. The Morgan fingerprint density at radius 1 is 1.38 bits per heavy atom. The number of carbonyl (C=O) groups excluding carboxylic acids is 1. The summed E-state index contributed by atoms with van der Waals surface area (Å²) in [6, 6.07) is 6.19. The third kappa shape index (κ3) is 4.57. The van der Waals surface area contributed by atoms with Gasteiger partial charge in [0, 0.05) is 18.7 Å². The zero-order valence-corrected chi connectivity index (χ0v) is 13.4. The van der Waals surface area contributed by atoms with Crippen molar-refractivity contribution in [2.24, 2.45) is 0 Å². The molecular weight excluding hydrogens is 262 g/mol. The van der Waals surface area contributed by atoms with Crippen LogP contribution in [0.4, 0.5) is 5.69 Å². The van der Waals surface area contributed by atoms with Crippen molar-refractivity contribution in [1.29, 1.82) is 0 Å². The van der Waals surface area contributed by atoms with Gasteiger partial charge in [-0.2, -0.15) is 0 Å². The van der Waals surface area contributed by atoms with Gasteiger partial charge in [0.2, 0.25) is 5.91 Å². The molecule has 3 heteroatoms. The highest BCUT2D eigenvalue weighted by molar-refractivity contribution is 5.92. The van der Waals surface area contributed by atoms with Crippen LogP contribution in [0.2, 0.25) is 0 Å². The summed E-state index contributed by atoms with van der Waals surface area (Å²) in [5.41, 5.74) is 3.32. The number of carbonyl (C=O) groups is 1. The lowest BCUT2D eigenvalue weighted by molar-refractivity contribution is -0.117. The Morgan fingerprint density at radius 3 is 2.86 bits per heavy atom. The van der Waals surface area contributed by atoms with Crippen LogP contribution >= 0.6 is 0 Å². The quantitative estimate of drug-likeness (QED) is 0.872. The van der Waals surface area contributed by atoms with Gasteiger partial charge >= 0.3 is 0 Å². The first-order valence-corrected chi connectivity index (χ1v) is 8.09. The molecule has 21 heavy (non-hydrogen) atoms. The van der Waals surface area contributed by atoms with Gasteiger partial charge in [0.05, 0.1) is 6.10 Å². The SMILES string of the molecule is Cc1cccc(C(C)C)c1NC(=O)CCC1CCCCO1. The van der Waals surface area contributed by atoms with Gasteiger partial charge in [0.15, 0.2) is 0 Å². The molecule has 0 spiro atoms. The van der Waals surface area contributed by atoms with Crippen LogP contribution in [-0.4, -0.2) is 18.6 Å². The fraction of sp³-hybridized carbons (Fsp3) is 0.611. The molecule has 1 heterocycles. The second-order valence-electron chi connectivity index (χ2n) is 6.27. The van der Waals surface area contributed by atoms with Gasteiger partial charge in [-0.1, -0.05) is 32.0 Å². The molecule has 2 rings (SSSR count). The largest absolute Gasteiger partial charge is 0.378 e. The molecule has 0 bridgehead atoms.